The van der Waals surface area contributed by atoms with Crippen molar-refractivity contribution in [2.45, 2.75) is 45.7 Å². The van der Waals surface area contributed by atoms with Crippen LogP contribution >= 0.6 is 35.3 Å². The number of nitrogens with one attached hydrogen (secondary N) is 2. The fraction of sp³-hybridized carbons (Fsp3) is 0.733. The van der Waals surface area contributed by atoms with Crippen LogP contribution < -0.4 is 10.6 Å². The number of aliphatic imine (C=N–C) groups is 1. The summed E-state index contributed by atoms with van der Waals surface area (Å²) in [4.78, 5) is 12.4. The Labute approximate surface area is 155 Å². The van der Waals surface area contributed by atoms with Crippen LogP contribution in [0, 0.1) is 6.92 Å². The van der Waals surface area contributed by atoms with E-state index in [0.29, 0.717) is 6.04 Å². The highest BCUT2D eigenvalue weighted by Gasteiger charge is 2.19. The summed E-state index contributed by atoms with van der Waals surface area (Å²) in [7, 11) is 1.83. The van der Waals surface area contributed by atoms with Gasteiger partial charge in [0, 0.05) is 37.3 Å². The molecule has 1 aromatic heterocycles. The Bertz CT molecular complexity index is 455. The van der Waals surface area contributed by atoms with Crippen LogP contribution in [0.1, 0.15) is 36.1 Å². The molecule has 0 unspecified atom stereocenters. The molecule has 0 spiro atoms. The molecule has 2 heterocycles. The van der Waals surface area contributed by atoms with Crippen LogP contribution in [0.2, 0.25) is 0 Å². The Morgan fingerprint density at radius 1 is 1.45 bits per heavy atom. The minimum atomic E-state index is 0. The predicted molar refractivity (Wildman–Crippen MR) is 105 cm³/mol. The maximum atomic E-state index is 4.32. The van der Waals surface area contributed by atoms with Gasteiger partial charge in [0.15, 0.2) is 5.96 Å². The Morgan fingerprint density at radius 2 is 2.18 bits per heavy atom. The van der Waals surface area contributed by atoms with Crippen molar-refractivity contribution in [2.24, 2.45) is 4.99 Å². The summed E-state index contributed by atoms with van der Waals surface area (Å²) in [5, 5.41) is 8.03. The predicted octanol–water partition coefficient (Wildman–Crippen LogP) is 2.61. The Hall–Kier alpha value is -0.410. The lowest BCUT2D eigenvalue weighted by molar-refractivity contribution is 0.206. The molecular weight excluding hydrogens is 409 g/mol. The minimum Gasteiger partial charge on any atom is -0.354 e. The van der Waals surface area contributed by atoms with Gasteiger partial charge in [-0.2, -0.15) is 0 Å². The lowest BCUT2D eigenvalue weighted by Crippen LogP contribution is -2.48. The molecule has 1 aliphatic heterocycles. The smallest absolute Gasteiger partial charge is 0.191 e. The van der Waals surface area contributed by atoms with E-state index < -0.39 is 0 Å². The third-order valence-electron chi connectivity index (χ3n) is 3.79. The highest BCUT2D eigenvalue weighted by atomic mass is 127. The number of guanidine groups is 1. The van der Waals surface area contributed by atoms with Gasteiger partial charge in [-0.05, 0) is 32.7 Å². The van der Waals surface area contributed by atoms with Crippen molar-refractivity contribution in [1.29, 1.82) is 0 Å². The molecule has 0 aliphatic carbocycles. The molecule has 22 heavy (non-hydrogen) atoms. The number of aromatic nitrogens is 1. The van der Waals surface area contributed by atoms with Crippen LogP contribution in [0.15, 0.2) is 11.2 Å². The molecule has 0 radical (unpaired) electrons. The molecule has 1 aliphatic rings. The second-order valence-corrected chi connectivity index (χ2v) is 6.85. The van der Waals surface area contributed by atoms with Gasteiger partial charge in [-0.3, -0.25) is 4.99 Å². The largest absolute Gasteiger partial charge is 0.354 e. The van der Waals surface area contributed by atoms with Gasteiger partial charge in [0.2, 0.25) is 0 Å². The number of thiazole rings is 1. The molecular formula is C15H28IN5S. The molecule has 2 N–H and O–H groups in total. The first kappa shape index (κ1) is 19.6. The Kier molecular flexibility index (Phi) is 9.27. The average Bonchev–Trinajstić information content (AvgIpc) is 2.91. The minimum absolute atomic E-state index is 0. The average molecular weight is 437 g/mol. The quantitative estimate of drug-likeness (QED) is 0.423. The van der Waals surface area contributed by atoms with Crippen molar-refractivity contribution in [2.75, 3.05) is 26.7 Å². The molecule has 2 rings (SSSR count). The number of rotatable bonds is 5. The van der Waals surface area contributed by atoms with Gasteiger partial charge < -0.3 is 15.5 Å². The molecule has 1 aromatic rings. The van der Waals surface area contributed by atoms with Gasteiger partial charge in [-0.1, -0.05) is 6.92 Å². The topological polar surface area (TPSA) is 52.5 Å². The first-order chi connectivity index (χ1) is 10.2. The molecule has 0 saturated carbocycles. The zero-order valence-electron chi connectivity index (χ0n) is 13.8. The first-order valence-electron chi connectivity index (χ1n) is 7.82. The summed E-state index contributed by atoms with van der Waals surface area (Å²) in [5.41, 5.74) is 0. The summed E-state index contributed by atoms with van der Waals surface area (Å²) in [6.07, 6.45) is 5.57. The van der Waals surface area contributed by atoms with Crippen LogP contribution in [0.3, 0.4) is 0 Å². The van der Waals surface area contributed by atoms with E-state index in [4.69, 9.17) is 0 Å². The molecule has 1 fully saturated rings. The Balaban J connectivity index is 0.00000242. The summed E-state index contributed by atoms with van der Waals surface area (Å²) in [5.74, 6) is 0.898. The molecule has 126 valence electrons. The molecule has 0 amide bonds. The SMILES string of the molecule is CCCN1CCC(NC(=NC)NCc2cnc(C)s2)CC1.I. The van der Waals surface area contributed by atoms with Crippen LogP contribution in [0.5, 0.6) is 0 Å². The van der Waals surface area contributed by atoms with E-state index in [0.717, 1.165) is 17.5 Å². The first-order valence-corrected chi connectivity index (χ1v) is 8.63. The van der Waals surface area contributed by atoms with Gasteiger partial charge >= 0.3 is 0 Å². The van der Waals surface area contributed by atoms with E-state index in [9.17, 15) is 0 Å². The second-order valence-electron chi connectivity index (χ2n) is 5.53. The molecule has 0 bridgehead atoms. The van der Waals surface area contributed by atoms with E-state index >= 15 is 0 Å². The zero-order valence-corrected chi connectivity index (χ0v) is 16.9. The number of piperidine rings is 1. The van der Waals surface area contributed by atoms with E-state index in [1.54, 1.807) is 11.3 Å². The lowest BCUT2D eigenvalue weighted by atomic mass is 10.1. The molecule has 7 heteroatoms. The normalized spacial score (nSPS) is 17.1. The summed E-state index contributed by atoms with van der Waals surface area (Å²) in [6, 6.07) is 0.535. The van der Waals surface area contributed by atoms with E-state index in [1.165, 1.54) is 43.8 Å². The van der Waals surface area contributed by atoms with Crippen LogP contribution in [0.25, 0.3) is 0 Å². The van der Waals surface area contributed by atoms with Crippen molar-refractivity contribution in [1.82, 2.24) is 20.5 Å². The monoisotopic (exact) mass is 437 g/mol. The zero-order chi connectivity index (χ0) is 15.1. The molecule has 5 nitrogen and oxygen atoms in total. The number of hydrogen-bond donors (Lipinski definition) is 2. The van der Waals surface area contributed by atoms with Crippen molar-refractivity contribution < 1.29 is 0 Å². The van der Waals surface area contributed by atoms with Crippen molar-refractivity contribution >= 4 is 41.3 Å². The maximum absolute atomic E-state index is 4.32. The van der Waals surface area contributed by atoms with Crippen LogP contribution in [-0.4, -0.2) is 48.6 Å². The second kappa shape index (κ2) is 10.4. The van der Waals surface area contributed by atoms with E-state index in [-0.39, 0.29) is 24.0 Å². The third kappa shape index (κ3) is 6.37. The van der Waals surface area contributed by atoms with Crippen LogP contribution in [0.4, 0.5) is 0 Å². The van der Waals surface area contributed by atoms with Gasteiger partial charge in [-0.15, -0.1) is 35.3 Å². The van der Waals surface area contributed by atoms with Gasteiger partial charge in [0.1, 0.15) is 0 Å². The molecule has 1 saturated heterocycles. The highest BCUT2D eigenvalue weighted by Crippen LogP contribution is 2.12. The highest BCUT2D eigenvalue weighted by molar-refractivity contribution is 14.0. The number of hydrogen-bond acceptors (Lipinski definition) is 4. The number of aryl methyl sites for hydroxylation is 1. The molecule has 0 aromatic carbocycles. The Morgan fingerprint density at radius 3 is 2.73 bits per heavy atom. The lowest BCUT2D eigenvalue weighted by Gasteiger charge is -2.32. The fourth-order valence-corrected chi connectivity index (χ4v) is 3.40. The van der Waals surface area contributed by atoms with E-state index in [2.05, 4.69) is 32.4 Å². The summed E-state index contributed by atoms with van der Waals surface area (Å²) in [6.45, 7) is 8.68. The van der Waals surface area contributed by atoms with Gasteiger partial charge in [-0.25, -0.2) is 4.98 Å². The summed E-state index contributed by atoms with van der Waals surface area (Å²) >= 11 is 1.73. The number of nitrogens with zero attached hydrogens (tertiary/aromatic N) is 3. The van der Waals surface area contributed by atoms with Crippen LogP contribution in [-0.2, 0) is 6.54 Å². The summed E-state index contributed by atoms with van der Waals surface area (Å²) < 4.78 is 0. The van der Waals surface area contributed by atoms with Gasteiger partial charge in [0.05, 0.1) is 11.6 Å². The maximum Gasteiger partial charge on any atom is 0.191 e. The fourth-order valence-electron chi connectivity index (χ4n) is 2.66. The van der Waals surface area contributed by atoms with E-state index in [1.807, 2.05) is 20.2 Å². The third-order valence-corrected chi connectivity index (χ3v) is 4.70. The number of halogens is 1. The standard InChI is InChI=1S/C15H27N5S.HI/c1-4-7-20-8-5-13(6-9-20)19-15(16-3)18-11-14-10-17-12(2)21-14;/h10,13H,4-9,11H2,1-3H3,(H2,16,18,19);1H. The van der Waals surface area contributed by atoms with Crippen molar-refractivity contribution in [3.8, 4) is 0 Å². The molecule has 0 atom stereocenters. The van der Waals surface area contributed by atoms with Crippen molar-refractivity contribution in [3.05, 3.63) is 16.1 Å². The number of likely N-dealkylation sites (tertiary alicyclic amines) is 1. The van der Waals surface area contributed by atoms with Crippen molar-refractivity contribution in [3.63, 3.8) is 0 Å². The van der Waals surface area contributed by atoms with Gasteiger partial charge in [0.25, 0.3) is 0 Å².